The molecule has 1 aromatic heterocycles. The molecule has 1 amide bonds. The lowest BCUT2D eigenvalue weighted by atomic mass is 9.90. The number of carbonyl (C=O) groups is 1. The van der Waals surface area contributed by atoms with Crippen molar-refractivity contribution in [3.63, 3.8) is 0 Å². The second-order valence-corrected chi connectivity index (χ2v) is 5.11. The maximum Gasteiger partial charge on any atom is 0.229 e. The first-order valence-electron chi connectivity index (χ1n) is 7.10. The van der Waals surface area contributed by atoms with Gasteiger partial charge >= 0.3 is 0 Å². The van der Waals surface area contributed by atoms with E-state index in [2.05, 4.69) is 4.98 Å². The third-order valence-electron chi connectivity index (χ3n) is 3.63. The summed E-state index contributed by atoms with van der Waals surface area (Å²) in [7, 11) is 0. The molecule has 1 unspecified atom stereocenters. The van der Waals surface area contributed by atoms with Crippen molar-refractivity contribution in [2.75, 3.05) is 0 Å². The first-order valence-corrected chi connectivity index (χ1v) is 7.10. The second kappa shape index (κ2) is 6.22. The number of nitrogens with zero attached hydrogens (tertiary/aromatic N) is 1. The smallest absolute Gasteiger partial charge is 0.229 e. The summed E-state index contributed by atoms with van der Waals surface area (Å²) in [6.45, 7) is 0. The molecule has 3 heteroatoms. The summed E-state index contributed by atoms with van der Waals surface area (Å²) in [5, 5.41) is 0. The third-order valence-corrected chi connectivity index (χ3v) is 3.63. The van der Waals surface area contributed by atoms with Crippen LogP contribution in [0.5, 0.6) is 0 Å². The van der Waals surface area contributed by atoms with Gasteiger partial charge < -0.3 is 5.73 Å². The van der Waals surface area contributed by atoms with Gasteiger partial charge in [0, 0.05) is 12.4 Å². The Labute approximate surface area is 129 Å². The lowest BCUT2D eigenvalue weighted by Gasteiger charge is -2.15. The minimum absolute atomic E-state index is 0.377. The largest absolute Gasteiger partial charge is 0.369 e. The summed E-state index contributed by atoms with van der Waals surface area (Å²) in [5.74, 6) is -0.865. The average molecular weight is 288 g/mol. The number of hydrogen-bond donors (Lipinski definition) is 1. The molecule has 0 bridgehead atoms. The lowest BCUT2D eigenvalue weighted by Crippen LogP contribution is -2.22. The van der Waals surface area contributed by atoms with Gasteiger partial charge in [-0.3, -0.25) is 9.78 Å². The third kappa shape index (κ3) is 2.88. The van der Waals surface area contributed by atoms with Crippen molar-refractivity contribution in [1.82, 2.24) is 4.98 Å². The second-order valence-electron chi connectivity index (χ2n) is 5.11. The maximum atomic E-state index is 11.9. The molecule has 0 saturated carbocycles. The van der Waals surface area contributed by atoms with Gasteiger partial charge in [0.05, 0.1) is 5.92 Å². The van der Waals surface area contributed by atoms with E-state index < -0.39 is 5.92 Å². The molecule has 22 heavy (non-hydrogen) atoms. The number of benzene rings is 2. The van der Waals surface area contributed by atoms with Gasteiger partial charge in [-0.05, 0) is 28.3 Å². The molecule has 0 spiro atoms. The highest BCUT2D eigenvalue weighted by molar-refractivity contribution is 5.86. The molecule has 0 fully saturated rings. The Morgan fingerprint density at radius 3 is 2.27 bits per heavy atom. The minimum Gasteiger partial charge on any atom is -0.369 e. The van der Waals surface area contributed by atoms with Gasteiger partial charge in [-0.25, -0.2) is 0 Å². The van der Waals surface area contributed by atoms with Crippen LogP contribution in [0.4, 0.5) is 0 Å². The summed E-state index contributed by atoms with van der Waals surface area (Å²) in [6.07, 6.45) is 3.37. The van der Waals surface area contributed by atoms with Gasteiger partial charge in [-0.15, -0.1) is 0 Å². The van der Waals surface area contributed by atoms with Crippen LogP contribution in [0.2, 0.25) is 0 Å². The van der Waals surface area contributed by atoms with Crippen molar-refractivity contribution in [2.45, 2.75) is 5.92 Å². The summed E-state index contributed by atoms with van der Waals surface area (Å²) >= 11 is 0. The molecule has 1 atom stereocenters. The normalized spacial score (nSPS) is 11.8. The first kappa shape index (κ1) is 14.0. The molecule has 0 saturated heterocycles. The predicted octanol–water partition coefficient (Wildman–Crippen LogP) is 3.37. The van der Waals surface area contributed by atoms with Crippen LogP contribution in [0.3, 0.4) is 0 Å². The SMILES string of the molecule is NC(=O)C(c1cccnc1)c1cccc(-c2ccccc2)c1. The highest BCUT2D eigenvalue weighted by Crippen LogP contribution is 2.28. The van der Waals surface area contributed by atoms with E-state index in [1.807, 2.05) is 66.7 Å². The van der Waals surface area contributed by atoms with Crippen LogP contribution < -0.4 is 5.73 Å². The molecule has 0 aliphatic rings. The van der Waals surface area contributed by atoms with Gasteiger partial charge in [0.15, 0.2) is 0 Å². The fourth-order valence-electron chi connectivity index (χ4n) is 2.60. The lowest BCUT2D eigenvalue weighted by molar-refractivity contribution is -0.118. The Morgan fingerprint density at radius 2 is 1.59 bits per heavy atom. The number of pyridine rings is 1. The molecule has 1 heterocycles. The van der Waals surface area contributed by atoms with E-state index >= 15 is 0 Å². The van der Waals surface area contributed by atoms with Gasteiger partial charge in [-0.1, -0.05) is 60.7 Å². The van der Waals surface area contributed by atoms with E-state index in [0.29, 0.717) is 0 Å². The summed E-state index contributed by atoms with van der Waals surface area (Å²) in [4.78, 5) is 16.0. The number of nitrogens with two attached hydrogens (primary N) is 1. The van der Waals surface area contributed by atoms with Crippen molar-refractivity contribution in [1.29, 1.82) is 0 Å². The number of hydrogen-bond acceptors (Lipinski definition) is 2. The van der Waals surface area contributed by atoms with Crippen LogP contribution >= 0.6 is 0 Å². The van der Waals surface area contributed by atoms with Gasteiger partial charge in [0.1, 0.15) is 0 Å². The van der Waals surface area contributed by atoms with E-state index in [-0.39, 0.29) is 5.91 Å². The Kier molecular flexibility index (Phi) is 3.97. The zero-order valence-corrected chi connectivity index (χ0v) is 12.0. The molecular weight excluding hydrogens is 272 g/mol. The summed E-state index contributed by atoms with van der Waals surface area (Å²) in [5.41, 5.74) is 9.48. The fourth-order valence-corrected chi connectivity index (χ4v) is 2.60. The molecule has 2 N–H and O–H groups in total. The summed E-state index contributed by atoms with van der Waals surface area (Å²) in [6, 6.07) is 21.7. The molecule has 0 aliphatic carbocycles. The predicted molar refractivity (Wildman–Crippen MR) is 87.2 cm³/mol. The van der Waals surface area contributed by atoms with Crippen molar-refractivity contribution in [2.24, 2.45) is 5.73 Å². The molecule has 3 aromatic rings. The molecular formula is C19H16N2O. The van der Waals surface area contributed by atoms with Crippen LogP contribution in [0, 0.1) is 0 Å². The monoisotopic (exact) mass is 288 g/mol. The van der Waals surface area contributed by atoms with Crippen molar-refractivity contribution < 1.29 is 4.79 Å². The molecule has 2 aromatic carbocycles. The van der Waals surface area contributed by atoms with E-state index in [0.717, 1.165) is 22.3 Å². The van der Waals surface area contributed by atoms with Crippen LogP contribution in [0.15, 0.2) is 79.1 Å². The van der Waals surface area contributed by atoms with Crippen LogP contribution in [0.25, 0.3) is 11.1 Å². The Balaban J connectivity index is 2.05. The highest BCUT2D eigenvalue weighted by Gasteiger charge is 2.20. The minimum atomic E-state index is -0.489. The van der Waals surface area contributed by atoms with Crippen LogP contribution in [-0.4, -0.2) is 10.9 Å². The Hall–Kier alpha value is -2.94. The molecule has 0 aliphatic heterocycles. The Bertz CT molecular complexity index is 770. The van der Waals surface area contributed by atoms with Crippen molar-refractivity contribution in [3.8, 4) is 11.1 Å². The Morgan fingerprint density at radius 1 is 0.864 bits per heavy atom. The van der Waals surface area contributed by atoms with Crippen molar-refractivity contribution in [3.05, 3.63) is 90.3 Å². The van der Waals surface area contributed by atoms with E-state index in [4.69, 9.17) is 5.73 Å². The number of amides is 1. The van der Waals surface area contributed by atoms with Crippen molar-refractivity contribution >= 4 is 5.91 Å². The zero-order valence-electron chi connectivity index (χ0n) is 12.0. The van der Waals surface area contributed by atoms with Crippen LogP contribution in [-0.2, 0) is 4.79 Å². The fraction of sp³-hybridized carbons (Fsp3) is 0.0526. The summed E-state index contributed by atoms with van der Waals surface area (Å²) < 4.78 is 0. The molecule has 0 radical (unpaired) electrons. The van der Waals surface area contributed by atoms with Gasteiger partial charge in [0.2, 0.25) is 5.91 Å². The number of carbonyl (C=O) groups excluding carboxylic acids is 1. The van der Waals surface area contributed by atoms with E-state index in [1.54, 1.807) is 12.4 Å². The number of aromatic nitrogens is 1. The van der Waals surface area contributed by atoms with Crippen LogP contribution in [0.1, 0.15) is 17.0 Å². The maximum absolute atomic E-state index is 11.9. The van der Waals surface area contributed by atoms with Gasteiger partial charge in [0.25, 0.3) is 0 Å². The molecule has 3 nitrogen and oxygen atoms in total. The molecule has 108 valence electrons. The standard InChI is InChI=1S/C19H16N2O/c20-19(22)18(17-10-5-11-21-13-17)16-9-4-8-15(12-16)14-6-2-1-3-7-14/h1-13,18H,(H2,20,22). The van der Waals surface area contributed by atoms with E-state index in [9.17, 15) is 4.79 Å². The van der Waals surface area contributed by atoms with Gasteiger partial charge in [-0.2, -0.15) is 0 Å². The van der Waals surface area contributed by atoms with E-state index in [1.165, 1.54) is 0 Å². The zero-order chi connectivity index (χ0) is 15.4. The average Bonchev–Trinajstić information content (AvgIpc) is 2.57. The number of primary amides is 1. The quantitative estimate of drug-likeness (QED) is 0.800. The highest BCUT2D eigenvalue weighted by atomic mass is 16.1. The number of rotatable bonds is 4. The molecule has 3 rings (SSSR count). The topological polar surface area (TPSA) is 56.0 Å². The first-order chi connectivity index (χ1) is 10.8.